The zero-order valence-corrected chi connectivity index (χ0v) is 12.6. The standard InChI is InChI=1S/C11H16N4O2S2/c1-7-5-18-6-9(7)4-13-19(16,17)10-8(2)15(3)14-11(10)12/h5-6,13H,4H2,1-3H3,(H2,12,14). The fourth-order valence-electron chi connectivity index (χ4n) is 1.76. The van der Waals surface area contributed by atoms with Gasteiger partial charge >= 0.3 is 0 Å². The van der Waals surface area contributed by atoms with E-state index in [4.69, 9.17) is 5.73 Å². The molecular weight excluding hydrogens is 284 g/mol. The Morgan fingerprint density at radius 3 is 2.58 bits per heavy atom. The van der Waals surface area contributed by atoms with Gasteiger partial charge in [0.1, 0.15) is 4.90 Å². The largest absolute Gasteiger partial charge is 0.381 e. The van der Waals surface area contributed by atoms with Crippen molar-refractivity contribution in [3.63, 3.8) is 0 Å². The van der Waals surface area contributed by atoms with Crippen molar-refractivity contribution in [2.24, 2.45) is 7.05 Å². The van der Waals surface area contributed by atoms with E-state index in [-0.39, 0.29) is 17.3 Å². The molecule has 0 saturated heterocycles. The summed E-state index contributed by atoms with van der Waals surface area (Å²) in [6.45, 7) is 3.88. The lowest BCUT2D eigenvalue weighted by Gasteiger charge is -2.06. The summed E-state index contributed by atoms with van der Waals surface area (Å²) in [4.78, 5) is 0.0582. The molecule has 2 heterocycles. The maximum atomic E-state index is 12.3. The van der Waals surface area contributed by atoms with Gasteiger partial charge in [0.05, 0.1) is 5.69 Å². The monoisotopic (exact) mass is 300 g/mol. The maximum Gasteiger partial charge on any atom is 0.246 e. The van der Waals surface area contributed by atoms with Crippen LogP contribution in [-0.4, -0.2) is 18.2 Å². The molecular formula is C11H16N4O2S2. The van der Waals surface area contributed by atoms with Gasteiger partial charge in [-0.25, -0.2) is 13.1 Å². The Labute approximate surface area is 116 Å². The number of aryl methyl sites for hydroxylation is 2. The fourth-order valence-corrected chi connectivity index (χ4v) is 3.94. The van der Waals surface area contributed by atoms with E-state index in [0.29, 0.717) is 5.69 Å². The third kappa shape index (κ3) is 2.65. The molecule has 104 valence electrons. The maximum absolute atomic E-state index is 12.3. The van der Waals surface area contributed by atoms with Crippen LogP contribution in [-0.2, 0) is 23.6 Å². The average molecular weight is 300 g/mol. The first-order valence-electron chi connectivity index (χ1n) is 5.63. The van der Waals surface area contributed by atoms with E-state index in [2.05, 4.69) is 9.82 Å². The van der Waals surface area contributed by atoms with E-state index in [9.17, 15) is 8.42 Å². The van der Waals surface area contributed by atoms with Crippen molar-refractivity contribution in [1.29, 1.82) is 0 Å². The van der Waals surface area contributed by atoms with E-state index >= 15 is 0 Å². The number of sulfonamides is 1. The molecule has 8 heteroatoms. The summed E-state index contributed by atoms with van der Waals surface area (Å²) in [6, 6.07) is 0. The summed E-state index contributed by atoms with van der Waals surface area (Å²) in [6.07, 6.45) is 0. The second-order valence-corrected chi connectivity index (χ2v) is 6.78. The van der Waals surface area contributed by atoms with E-state index < -0.39 is 10.0 Å². The Bertz CT molecular complexity index is 700. The number of nitrogens with zero attached hydrogens (tertiary/aromatic N) is 2. The van der Waals surface area contributed by atoms with Crippen molar-refractivity contribution in [2.45, 2.75) is 25.3 Å². The van der Waals surface area contributed by atoms with E-state index in [1.807, 2.05) is 17.7 Å². The summed E-state index contributed by atoms with van der Waals surface area (Å²) in [5, 5.41) is 7.82. The molecule has 3 N–H and O–H groups in total. The fraction of sp³-hybridized carbons (Fsp3) is 0.364. The van der Waals surface area contributed by atoms with Gasteiger partial charge in [-0.3, -0.25) is 4.68 Å². The van der Waals surface area contributed by atoms with Crippen molar-refractivity contribution in [3.05, 3.63) is 27.6 Å². The molecule has 0 aliphatic rings. The SMILES string of the molecule is Cc1cscc1CNS(=O)(=O)c1c(N)nn(C)c1C. The minimum atomic E-state index is -3.65. The van der Waals surface area contributed by atoms with E-state index in [1.165, 1.54) is 4.68 Å². The average Bonchev–Trinajstić information content (AvgIpc) is 2.82. The first-order chi connectivity index (χ1) is 8.83. The van der Waals surface area contributed by atoms with Crippen LogP contribution < -0.4 is 10.5 Å². The van der Waals surface area contributed by atoms with Crippen molar-refractivity contribution in [1.82, 2.24) is 14.5 Å². The number of hydrogen-bond donors (Lipinski definition) is 2. The van der Waals surface area contributed by atoms with Gasteiger partial charge in [0.2, 0.25) is 10.0 Å². The highest BCUT2D eigenvalue weighted by Crippen LogP contribution is 2.21. The van der Waals surface area contributed by atoms with Gasteiger partial charge < -0.3 is 5.73 Å². The van der Waals surface area contributed by atoms with Crippen LogP contribution in [0.15, 0.2) is 15.7 Å². The normalized spacial score (nSPS) is 11.9. The number of nitrogen functional groups attached to an aromatic ring is 1. The second-order valence-electron chi connectivity index (χ2n) is 4.33. The summed E-state index contributed by atoms with van der Waals surface area (Å²) >= 11 is 1.55. The Kier molecular flexibility index (Phi) is 3.66. The van der Waals surface area contributed by atoms with Gasteiger partial charge in [-0.2, -0.15) is 16.4 Å². The molecule has 2 aromatic rings. The first kappa shape index (κ1) is 14.0. The molecule has 0 unspecified atom stereocenters. The van der Waals surface area contributed by atoms with Crippen molar-refractivity contribution in [2.75, 3.05) is 5.73 Å². The van der Waals surface area contributed by atoms with Gasteiger partial charge in [0, 0.05) is 13.6 Å². The van der Waals surface area contributed by atoms with Crippen LogP contribution in [0.25, 0.3) is 0 Å². The van der Waals surface area contributed by atoms with Crippen molar-refractivity contribution < 1.29 is 8.42 Å². The number of thiophene rings is 1. The molecule has 19 heavy (non-hydrogen) atoms. The number of nitrogens with two attached hydrogens (primary N) is 1. The zero-order chi connectivity index (χ0) is 14.2. The topological polar surface area (TPSA) is 90.0 Å². The lowest BCUT2D eigenvalue weighted by molar-refractivity contribution is 0.580. The number of anilines is 1. The summed E-state index contributed by atoms with van der Waals surface area (Å²) in [5.41, 5.74) is 8.22. The number of aromatic nitrogens is 2. The van der Waals surface area contributed by atoms with Gasteiger partial charge in [-0.1, -0.05) is 0 Å². The molecule has 2 aromatic heterocycles. The number of rotatable bonds is 4. The van der Waals surface area contributed by atoms with Crippen LogP contribution in [0.5, 0.6) is 0 Å². The molecule has 0 aromatic carbocycles. The molecule has 0 saturated carbocycles. The Morgan fingerprint density at radius 1 is 1.42 bits per heavy atom. The smallest absolute Gasteiger partial charge is 0.246 e. The molecule has 0 spiro atoms. The number of hydrogen-bond acceptors (Lipinski definition) is 5. The Balaban J connectivity index is 2.26. The molecule has 0 aliphatic heterocycles. The Hall–Kier alpha value is -1.38. The lowest BCUT2D eigenvalue weighted by Crippen LogP contribution is -2.24. The van der Waals surface area contributed by atoms with Crippen molar-refractivity contribution in [3.8, 4) is 0 Å². The minimum Gasteiger partial charge on any atom is -0.381 e. The van der Waals surface area contributed by atoms with Crippen molar-refractivity contribution >= 4 is 27.2 Å². The number of nitrogens with one attached hydrogen (secondary N) is 1. The molecule has 0 fully saturated rings. The predicted molar refractivity (Wildman–Crippen MR) is 75.4 cm³/mol. The van der Waals surface area contributed by atoms with E-state index in [0.717, 1.165) is 11.1 Å². The highest BCUT2D eigenvalue weighted by atomic mass is 32.2. The van der Waals surface area contributed by atoms with Gasteiger partial charge in [-0.15, -0.1) is 0 Å². The summed E-state index contributed by atoms with van der Waals surface area (Å²) < 4.78 is 28.5. The van der Waals surface area contributed by atoms with Crippen LogP contribution in [0.4, 0.5) is 5.82 Å². The second kappa shape index (κ2) is 4.95. The first-order valence-corrected chi connectivity index (χ1v) is 8.06. The molecule has 0 bridgehead atoms. The quantitative estimate of drug-likeness (QED) is 0.886. The molecule has 0 radical (unpaired) electrons. The molecule has 6 nitrogen and oxygen atoms in total. The zero-order valence-electron chi connectivity index (χ0n) is 11.0. The highest BCUT2D eigenvalue weighted by Gasteiger charge is 2.24. The molecule has 0 aliphatic carbocycles. The highest BCUT2D eigenvalue weighted by molar-refractivity contribution is 7.89. The van der Waals surface area contributed by atoms with Crippen LogP contribution in [0, 0.1) is 13.8 Å². The van der Waals surface area contributed by atoms with Gasteiger partial charge in [0.15, 0.2) is 5.82 Å². The summed E-state index contributed by atoms with van der Waals surface area (Å²) in [7, 11) is -1.99. The van der Waals surface area contributed by atoms with Gasteiger partial charge in [0.25, 0.3) is 0 Å². The van der Waals surface area contributed by atoms with E-state index in [1.54, 1.807) is 25.3 Å². The minimum absolute atomic E-state index is 0.0227. The van der Waals surface area contributed by atoms with Crippen LogP contribution in [0.2, 0.25) is 0 Å². The van der Waals surface area contributed by atoms with Gasteiger partial charge in [-0.05, 0) is 35.7 Å². The predicted octanol–water partition coefficient (Wildman–Crippen LogP) is 1.16. The van der Waals surface area contributed by atoms with Crippen LogP contribution in [0.3, 0.4) is 0 Å². The van der Waals surface area contributed by atoms with Crippen LogP contribution >= 0.6 is 11.3 Å². The Morgan fingerprint density at radius 2 is 2.11 bits per heavy atom. The molecule has 0 atom stereocenters. The molecule has 0 amide bonds. The third-order valence-electron chi connectivity index (χ3n) is 2.99. The lowest BCUT2D eigenvalue weighted by atomic mass is 10.2. The van der Waals surface area contributed by atoms with Crippen LogP contribution in [0.1, 0.15) is 16.8 Å². The molecule has 2 rings (SSSR count). The third-order valence-corrected chi connectivity index (χ3v) is 5.46. The summed E-state index contributed by atoms with van der Waals surface area (Å²) in [5.74, 6) is 0.0227.